The van der Waals surface area contributed by atoms with Crippen LogP contribution in [0.25, 0.3) is 0 Å². The molecule has 0 bridgehead atoms. The lowest BCUT2D eigenvalue weighted by molar-refractivity contribution is -0.121. The van der Waals surface area contributed by atoms with Gasteiger partial charge < -0.3 is 20.6 Å². The number of carbonyl (C=O) groups excluding carboxylic acids is 1. The number of nitrogens with one attached hydrogen (secondary N) is 2. The van der Waals surface area contributed by atoms with E-state index in [0.717, 1.165) is 64.1 Å². The third-order valence-corrected chi connectivity index (χ3v) is 5.31. The number of nitrogens with zero attached hydrogens (tertiary/aromatic N) is 2. The topological polar surface area (TPSA) is 77.0 Å². The molecule has 1 saturated carbocycles. The van der Waals surface area contributed by atoms with Crippen LogP contribution < -0.4 is 10.6 Å². The highest BCUT2D eigenvalue weighted by Crippen LogP contribution is 2.28. The Bertz CT molecular complexity index is 425. The second-order valence-corrected chi connectivity index (χ2v) is 7.26. The van der Waals surface area contributed by atoms with Crippen LogP contribution in [-0.4, -0.2) is 60.7 Å². The van der Waals surface area contributed by atoms with Crippen molar-refractivity contribution in [1.82, 2.24) is 15.5 Å². The van der Waals surface area contributed by atoms with E-state index in [0.29, 0.717) is 18.9 Å². The molecule has 6 heteroatoms. The minimum Gasteiger partial charge on any atom is -0.388 e. The molecule has 1 amide bonds. The Morgan fingerprint density at radius 2 is 1.92 bits per heavy atom. The van der Waals surface area contributed by atoms with E-state index >= 15 is 0 Å². The summed E-state index contributed by atoms with van der Waals surface area (Å²) in [6, 6.07) is 0. The van der Waals surface area contributed by atoms with E-state index < -0.39 is 5.60 Å². The molecule has 138 valence electrons. The van der Waals surface area contributed by atoms with Crippen molar-refractivity contribution >= 4 is 11.9 Å². The van der Waals surface area contributed by atoms with Crippen LogP contribution in [-0.2, 0) is 4.79 Å². The predicted molar refractivity (Wildman–Crippen MR) is 97.0 cm³/mol. The van der Waals surface area contributed by atoms with Crippen LogP contribution in [0.2, 0.25) is 0 Å². The zero-order valence-electron chi connectivity index (χ0n) is 15.3. The third-order valence-electron chi connectivity index (χ3n) is 5.31. The normalized spacial score (nSPS) is 22.3. The van der Waals surface area contributed by atoms with E-state index in [9.17, 15) is 9.90 Å². The summed E-state index contributed by atoms with van der Waals surface area (Å²) in [5.41, 5.74) is -0.615. The molecule has 1 aliphatic carbocycles. The van der Waals surface area contributed by atoms with Crippen molar-refractivity contribution in [2.75, 3.05) is 33.2 Å². The molecule has 1 saturated heterocycles. The molecule has 2 fully saturated rings. The maximum Gasteiger partial charge on any atom is 0.220 e. The predicted octanol–water partition coefficient (Wildman–Crippen LogP) is 1.50. The minimum atomic E-state index is -0.615. The van der Waals surface area contributed by atoms with Crippen LogP contribution >= 0.6 is 0 Å². The van der Waals surface area contributed by atoms with E-state index in [1.165, 1.54) is 6.42 Å². The number of hydrogen-bond acceptors (Lipinski definition) is 3. The maximum atomic E-state index is 11.5. The first kappa shape index (κ1) is 19.0. The van der Waals surface area contributed by atoms with Gasteiger partial charge in [0.2, 0.25) is 5.91 Å². The Labute approximate surface area is 146 Å². The van der Waals surface area contributed by atoms with E-state index in [-0.39, 0.29) is 5.91 Å². The standard InChI is InChI=1S/C18H34N4O2/c1-3-20-17(21-14-18(24)9-5-4-6-10-18)22-11-7-15(8-12-22)13-16(23)19-2/h15,24H,3-14H2,1-2H3,(H,19,23)(H,20,21). The minimum absolute atomic E-state index is 0.133. The maximum absolute atomic E-state index is 11.5. The SMILES string of the molecule is CCNC(=NCC1(O)CCCCC1)N1CCC(CC(=O)NC)CC1. The van der Waals surface area contributed by atoms with Gasteiger partial charge in [-0.1, -0.05) is 19.3 Å². The first-order chi connectivity index (χ1) is 11.6. The molecule has 3 N–H and O–H groups in total. The van der Waals surface area contributed by atoms with Crippen molar-refractivity contribution in [1.29, 1.82) is 0 Å². The fourth-order valence-corrected chi connectivity index (χ4v) is 3.73. The second-order valence-electron chi connectivity index (χ2n) is 7.26. The van der Waals surface area contributed by atoms with Gasteiger partial charge in [-0.25, -0.2) is 0 Å². The molecule has 24 heavy (non-hydrogen) atoms. The Kier molecular flexibility index (Phi) is 7.34. The van der Waals surface area contributed by atoms with Gasteiger partial charge >= 0.3 is 0 Å². The summed E-state index contributed by atoms with van der Waals surface area (Å²) in [6.07, 6.45) is 7.82. The Morgan fingerprint density at radius 3 is 2.50 bits per heavy atom. The van der Waals surface area contributed by atoms with Gasteiger partial charge in [0, 0.05) is 33.1 Å². The van der Waals surface area contributed by atoms with Crippen molar-refractivity contribution in [2.45, 2.75) is 63.9 Å². The van der Waals surface area contributed by atoms with Crippen LogP contribution in [0.3, 0.4) is 0 Å². The number of hydrogen-bond donors (Lipinski definition) is 3. The van der Waals surface area contributed by atoms with Crippen LogP contribution in [0.1, 0.15) is 58.3 Å². The average molecular weight is 338 g/mol. The quantitative estimate of drug-likeness (QED) is 0.524. The van der Waals surface area contributed by atoms with Crippen molar-refractivity contribution in [3.63, 3.8) is 0 Å². The van der Waals surface area contributed by atoms with E-state index in [4.69, 9.17) is 4.99 Å². The Morgan fingerprint density at radius 1 is 1.25 bits per heavy atom. The van der Waals surface area contributed by atoms with Crippen LogP contribution in [0.4, 0.5) is 0 Å². The Balaban J connectivity index is 1.88. The molecular formula is C18H34N4O2. The number of carbonyl (C=O) groups is 1. The molecule has 2 rings (SSSR count). The largest absolute Gasteiger partial charge is 0.388 e. The molecule has 2 aliphatic rings. The molecule has 1 heterocycles. The fourth-order valence-electron chi connectivity index (χ4n) is 3.73. The zero-order valence-corrected chi connectivity index (χ0v) is 15.3. The number of aliphatic hydroxyl groups is 1. The molecule has 0 radical (unpaired) electrons. The number of rotatable bonds is 5. The number of piperidine rings is 1. The first-order valence-electron chi connectivity index (χ1n) is 9.52. The Hall–Kier alpha value is -1.30. The highest BCUT2D eigenvalue weighted by Gasteiger charge is 2.29. The van der Waals surface area contributed by atoms with Gasteiger partial charge in [-0.05, 0) is 38.5 Å². The lowest BCUT2D eigenvalue weighted by atomic mass is 9.85. The van der Waals surface area contributed by atoms with Gasteiger partial charge in [0.15, 0.2) is 5.96 Å². The van der Waals surface area contributed by atoms with E-state index in [1.54, 1.807) is 7.05 Å². The lowest BCUT2D eigenvalue weighted by Crippen LogP contribution is -2.47. The molecule has 0 aromatic heterocycles. The third kappa shape index (κ3) is 5.65. The molecule has 0 unspecified atom stereocenters. The first-order valence-corrected chi connectivity index (χ1v) is 9.52. The summed E-state index contributed by atoms with van der Waals surface area (Å²) in [7, 11) is 1.70. The summed E-state index contributed by atoms with van der Waals surface area (Å²) in [6.45, 7) is 5.24. The molecule has 0 aromatic carbocycles. The van der Waals surface area contributed by atoms with Gasteiger partial charge in [0.05, 0.1) is 12.1 Å². The summed E-state index contributed by atoms with van der Waals surface area (Å²) in [4.78, 5) is 18.5. The smallest absolute Gasteiger partial charge is 0.220 e. The van der Waals surface area contributed by atoms with Crippen molar-refractivity contribution < 1.29 is 9.90 Å². The second kappa shape index (κ2) is 9.25. The zero-order chi connectivity index (χ0) is 17.4. The van der Waals surface area contributed by atoms with Crippen molar-refractivity contribution in [2.24, 2.45) is 10.9 Å². The number of aliphatic imine (C=N–C) groups is 1. The van der Waals surface area contributed by atoms with Crippen LogP contribution in [0.15, 0.2) is 4.99 Å². The molecular weight excluding hydrogens is 304 g/mol. The van der Waals surface area contributed by atoms with Gasteiger partial charge in [0.1, 0.15) is 0 Å². The van der Waals surface area contributed by atoms with Crippen LogP contribution in [0, 0.1) is 5.92 Å². The number of guanidine groups is 1. The molecule has 6 nitrogen and oxygen atoms in total. The molecule has 0 aromatic rings. The summed E-state index contributed by atoms with van der Waals surface area (Å²) < 4.78 is 0. The van der Waals surface area contributed by atoms with Crippen molar-refractivity contribution in [3.8, 4) is 0 Å². The summed E-state index contributed by atoms with van der Waals surface area (Å²) in [5, 5.41) is 16.7. The van der Waals surface area contributed by atoms with E-state index in [2.05, 4.69) is 22.5 Å². The number of likely N-dealkylation sites (tertiary alicyclic amines) is 1. The highest BCUT2D eigenvalue weighted by atomic mass is 16.3. The number of amides is 1. The van der Waals surface area contributed by atoms with Gasteiger partial charge in [-0.3, -0.25) is 9.79 Å². The summed E-state index contributed by atoms with van der Waals surface area (Å²) >= 11 is 0. The van der Waals surface area contributed by atoms with Gasteiger partial charge in [-0.2, -0.15) is 0 Å². The molecule has 0 atom stereocenters. The average Bonchev–Trinajstić information content (AvgIpc) is 2.60. The van der Waals surface area contributed by atoms with Crippen molar-refractivity contribution in [3.05, 3.63) is 0 Å². The monoisotopic (exact) mass is 338 g/mol. The summed E-state index contributed by atoms with van der Waals surface area (Å²) in [5.74, 6) is 1.51. The molecule has 1 aliphatic heterocycles. The molecule has 0 spiro atoms. The fraction of sp³-hybridized carbons (Fsp3) is 0.889. The van der Waals surface area contributed by atoms with E-state index in [1.807, 2.05) is 0 Å². The highest BCUT2D eigenvalue weighted by molar-refractivity contribution is 5.80. The van der Waals surface area contributed by atoms with Gasteiger partial charge in [-0.15, -0.1) is 0 Å². The van der Waals surface area contributed by atoms with Gasteiger partial charge in [0.25, 0.3) is 0 Å². The van der Waals surface area contributed by atoms with Crippen LogP contribution in [0.5, 0.6) is 0 Å². The lowest BCUT2D eigenvalue weighted by Gasteiger charge is -2.35.